The van der Waals surface area contributed by atoms with Crippen LogP contribution in [0.4, 0.5) is 13.2 Å². The topological polar surface area (TPSA) is 9.23 Å². The second-order valence-corrected chi connectivity index (χ2v) is 4.30. The van der Waals surface area contributed by atoms with Gasteiger partial charge >= 0.3 is 6.36 Å². The van der Waals surface area contributed by atoms with Gasteiger partial charge in [0.2, 0.25) is 0 Å². The van der Waals surface area contributed by atoms with Crippen LogP contribution in [0.25, 0.3) is 11.1 Å². The summed E-state index contributed by atoms with van der Waals surface area (Å²) in [7, 11) is 0. The molecule has 0 saturated carbocycles. The van der Waals surface area contributed by atoms with Gasteiger partial charge in [-0.25, -0.2) is 0 Å². The molecule has 2 aromatic rings. The predicted molar refractivity (Wildman–Crippen MR) is 64.4 cm³/mol. The fraction of sp³-hybridized carbons (Fsp3) is 0.0769. The normalized spacial score (nSPS) is 11.0. The maximum absolute atomic E-state index is 12.3. The van der Waals surface area contributed by atoms with Gasteiger partial charge in [-0.05, 0) is 17.7 Å². The second-order valence-electron chi connectivity index (χ2n) is 3.39. The molecule has 1 aromatic heterocycles. The van der Waals surface area contributed by atoms with Gasteiger partial charge in [0.15, 0.2) is 0 Å². The van der Waals surface area contributed by atoms with Crippen molar-refractivity contribution in [3.63, 3.8) is 0 Å². The number of alkyl halides is 3. The fourth-order valence-corrected chi connectivity index (χ4v) is 2.18. The van der Waals surface area contributed by atoms with Crippen molar-refractivity contribution >= 4 is 11.3 Å². The van der Waals surface area contributed by atoms with Gasteiger partial charge in [-0.2, -0.15) is 0 Å². The lowest BCUT2D eigenvalue weighted by molar-refractivity contribution is -0.274. The summed E-state index contributed by atoms with van der Waals surface area (Å²) in [6, 6.07) is 7.62. The van der Waals surface area contributed by atoms with E-state index in [-0.39, 0.29) is 5.75 Å². The Bertz CT molecular complexity index is 593. The highest BCUT2D eigenvalue weighted by Gasteiger charge is 2.32. The zero-order chi connectivity index (χ0) is 13.2. The summed E-state index contributed by atoms with van der Waals surface area (Å²) in [6.45, 7) is 0. The smallest absolute Gasteiger partial charge is 0.405 e. The zero-order valence-electron chi connectivity index (χ0n) is 8.99. The van der Waals surface area contributed by atoms with Crippen LogP contribution in [0.15, 0.2) is 35.7 Å². The van der Waals surface area contributed by atoms with Crippen molar-refractivity contribution in [3.8, 4) is 29.2 Å². The Kier molecular flexibility index (Phi) is 3.30. The van der Waals surface area contributed by atoms with Crippen LogP contribution in [0.5, 0.6) is 5.75 Å². The monoisotopic (exact) mass is 268 g/mol. The first-order chi connectivity index (χ1) is 8.49. The summed E-state index contributed by atoms with van der Waals surface area (Å²) in [5, 5.41) is 1.70. The van der Waals surface area contributed by atoms with E-state index in [1.807, 2.05) is 0 Å². The summed E-state index contributed by atoms with van der Waals surface area (Å²) < 4.78 is 40.8. The van der Waals surface area contributed by atoms with Gasteiger partial charge < -0.3 is 4.74 Å². The number of terminal acetylenes is 1. The van der Waals surface area contributed by atoms with E-state index in [2.05, 4.69) is 10.7 Å². The zero-order valence-corrected chi connectivity index (χ0v) is 9.81. The minimum atomic E-state index is -4.71. The molecule has 0 aliphatic carbocycles. The van der Waals surface area contributed by atoms with Crippen molar-refractivity contribution in [2.45, 2.75) is 6.36 Å². The van der Waals surface area contributed by atoms with Gasteiger partial charge in [0.05, 0.1) is 4.88 Å². The first-order valence-electron chi connectivity index (χ1n) is 4.90. The van der Waals surface area contributed by atoms with Gasteiger partial charge in [-0.1, -0.05) is 24.1 Å². The third kappa shape index (κ3) is 2.84. The molecule has 0 atom stereocenters. The van der Waals surface area contributed by atoms with Crippen LogP contribution in [-0.4, -0.2) is 6.36 Å². The standard InChI is InChI=1S/C13H7F3OS/c1-2-10-7-9(8-18-10)11-5-3-4-6-12(11)17-13(14,15)16/h1,3-8H. The van der Waals surface area contributed by atoms with E-state index in [1.54, 1.807) is 23.6 Å². The molecule has 0 amide bonds. The molecule has 0 aliphatic rings. The Morgan fingerprint density at radius 3 is 2.56 bits per heavy atom. The summed E-state index contributed by atoms with van der Waals surface area (Å²) in [6.07, 6.45) is 0.523. The molecule has 0 unspecified atom stereocenters. The third-order valence-electron chi connectivity index (χ3n) is 2.17. The Morgan fingerprint density at radius 2 is 1.94 bits per heavy atom. The van der Waals surface area contributed by atoms with Gasteiger partial charge in [0.1, 0.15) is 5.75 Å². The van der Waals surface area contributed by atoms with E-state index in [9.17, 15) is 13.2 Å². The lowest BCUT2D eigenvalue weighted by atomic mass is 10.1. The maximum atomic E-state index is 12.3. The summed E-state index contributed by atoms with van der Waals surface area (Å²) in [5.41, 5.74) is 0.986. The Labute approximate surface area is 106 Å². The average Bonchev–Trinajstić information content (AvgIpc) is 2.76. The van der Waals surface area contributed by atoms with Crippen LogP contribution in [0.3, 0.4) is 0 Å². The molecule has 0 saturated heterocycles. The highest BCUT2D eigenvalue weighted by Crippen LogP contribution is 2.35. The minimum Gasteiger partial charge on any atom is -0.405 e. The molecule has 92 valence electrons. The second kappa shape index (κ2) is 4.75. The number of hydrogen-bond donors (Lipinski definition) is 0. The quantitative estimate of drug-likeness (QED) is 0.738. The van der Waals surface area contributed by atoms with Crippen LogP contribution in [0.1, 0.15) is 4.88 Å². The van der Waals surface area contributed by atoms with E-state index in [0.29, 0.717) is 16.0 Å². The Morgan fingerprint density at radius 1 is 1.22 bits per heavy atom. The molecule has 0 N–H and O–H groups in total. The molecule has 1 aromatic carbocycles. The first kappa shape index (κ1) is 12.5. The lowest BCUT2D eigenvalue weighted by Gasteiger charge is -2.12. The molecule has 0 fully saturated rings. The van der Waals surface area contributed by atoms with Crippen molar-refractivity contribution in [3.05, 3.63) is 40.6 Å². The van der Waals surface area contributed by atoms with Gasteiger partial charge in [0, 0.05) is 10.9 Å². The lowest BCUT2D eigenvalue weighted by Crippen LogP contribution is -2.17. The van der Waals surface area contributed by atoms with Crippen molar-refractivity contribution < 1.29 is 17.9 Å². The van der Waals surface area contributed by atoms with Crippen LogP contribution >= 0.6 is 11.3 Å². The maximum Gasteiger partial charge on any atom is 0.573 e. The van der Waals surface area contributed by atoms with Gasteiger partial charge in [-0.15, -0.1) is 30.9 Å². The van der Waals surface area contributed by atoms with E-state index >= 15 is 0 Å². The highest BCUT2D eigenvalue weighted by molar-refractivity contribution is 7.11. The molecule has 0 radical (unpaired) electrons. The Balaban J connectivity index is 2.42. The molecule has 0 spiro atoms. The molecule has 0 bridgehead atoms. The number of benzene rings is 1. The van der Waals surface area contributed by atoms with E-state index in [4.69, 9.17) is 6.42 Å². The number of para-hydroxylation sites is 1. The van der Waals surface area contributed by atoms with E-state index < -0.39 is 6.36 Å². The van der Waals surface area contributed by atoms with Crippen molar-refractivity contribution in [1.82, 2.24) is 0 Å². The predicted octanol–water partition coefficient (Wildman–Crippen LogP) is 4.30. The van der Waals surface area contributed by atoms with Crippen molar-refractivity contribution in [2.75, 3.05) is 0 Å². The molecular formula is C13H7F3OS. The average molecular weight is 268 g/mol. The minimum absolute atomic E-state index is 0.230. The molecule has 0 aliphatic heterocycles. The molecule has 18 heavy (non-hydrogen) atoms. The third-order valence-corrected chi connectivity index (χ3v) is 3.03. The summed E-state index contributed by atoms with van der Waals surface area (Å²) in [4.78, 5) is 0.659. The van der Waals surface area contributed by atoms with E-state index in [1.165, 1.54) is 23.5 Å². The number of halogens is 3. The van der Waals surface area contributed by atoms with E-state index in [0.717, 1.165) is 0 Å². The van der Waals surface area contributed by atoms with Crippen LogP contribution in [0, 0.1) is 12.3 Å². The molecule has 1 nitrogen and oxygen atoms in total. The molecule has 5 heteroatoms. The number of ether oxygens (including phenoxy) is 1. The molecule has 1 heterocycles. The number of thiophene rings is 1. The van der Waals surface area contributed by atoms with Gasteiger partial charge in [0.25, 0.3) is 0 Å². The number of rotatable bonds is 2. The fourth-order valence-electron chi connectivity index (χ4n) is 1.47. The van der Waals surface area contributed by atoms with Crippen LogP contribution in [-0.2, 0) is 0 Å². The first-order valence-corrected chi connectivity index (χ1v) is 5.78. The molecular weight excluding hydrogens is 261 g/mol. The highest BCUT2D eigenvalue weighted by atomic mass is 32.1. The summed E-state index contributed by atoms with van der Waals surface area (Å²) >= 11 is 1.30. The van der Waals surface area contributed by atoms with Crippen molar-refractivity contribution in [1.29, 1.82) is 0 Å². The number of hydrogen-bond acceptors (Lipinski definition) is 2. The van der Waals surface area contributed by atoms with Crippen LogP contribution < -0.4 is 4.74 Å². The Hall–Kier alpha value is -1.93. The summed E-state index contributed by atoms with van der Waals surface area (Å²) in [5.74, 6) is 2.21. The largest absolute Gasteiger partial charge is 0.573 e. The van der Waals surface area contributed by atoms with Gasteiger partial charge in [-0.3, -0.25) is 0 Å². The molecule has 2 rings (SSSR count). The SMILES string of the molecule is C#Cc1cc(-c2ccccc2OC(F)(F)F)cs1. The van der Waals surface area contributed by atoms with Crippen molar-refractivity contribution in [2.24, 2.45) is 0 Å². The van der Waals surface area contributed by atoms with Crippen LogP contribution in [0.2, 0.25) is 0 Å².